The summed E-state index contributed by atoms with van der Waals surface area (Å²) in [6, 6.07) is 0.955. The molecule has 4 rings (SSSR count). The maximum Gasteiger partial charge on any atom is 0.224 e. The summed E-state index contributed by atoms with van der Waals surface area (Å²) < 4.78 is 0. The van der Waals surface area contributed by atoms with E-state index in [0.717, 1.165) is 38.1 Å². The van der Waals surface area contributed by atoms with Gasteiger partial charge in [-0.05, 0) is 76.0 Å². The number of carbonyl (C=O) groups is 1. The Labute approximate surface area is 157 Å². The highest BCUT2D eigenvalue weighted by Crippen LogP contribution is 2.45. The van der Waals surface area contributed by atoms with Gasteiger partial charge in [0.2, 0.25) is 5.91 Å². The van der Waals surface area contributed by atoms with Gasteiger partial charge in [0.25, 0.3) is 0 Å². The van der Waals surface area contributed by atoms with Crippen molar-refractivity contribution in [3.8, 4) is 0 Å². The van der Waals surface area contributed by atoms with E-state index in [-0.39, 0.29) is 18.1 Å². The smallest absolute Gasteiger partial charge is 0.224 e. The van der Waals surface area contributed by atoms with Crippen LogP contribution in [0.15, 0.2) is 0 Å². The lowest BCUT2D eigenvalue weighted by atomic mass is 9.73. The van der Waals surface area contributed by atoms with Crippen molar-refractivity contribution in [2.24, 2.45) is 23.7 Å². The molecule has 4 N–H and O–H groups in total. The largest absolute Gasteiger partial charge is 0.353 e. The molecule has 26 heavy (non-hydrogen) atoms. The van der Waals surface area contributed by atoms with Crippen LogP contribution in [0.4, 0.5) is 0 Å². The number of carbonyl (C=O) groups excluding carboxylic acids is 1. The van der Waals surface area contributed by atoms with Gasteiger partial charge in [0, 0.05) is 18.6 Å². The minimum absolute atomic E-state index is 0.153. The molecule has 0 aromatic rings. The maximum absolute atomic E-state index is 12.7. The van der Waals surface area contributed by atoms with E-state index in [1.165, 1.54) is 25.7 Å². The minimum Gasteiger partial charge on any atom is -0.353 e. The lowest BCUT2D eigenvalue weighted by molar-refractivity contribution is -0.126. The van der Waals surface area contributed by atoms with Gasteiger partial charge in [0.1, 0.15) is 6.23 Å². The number of amides is 1. The monoisotopic (exact) mass is 364 g/mol. The van der Waals surface area contributed by atoms with Crippen molar-refractivity contribution in [1.82, 2.24) is 21.4 Å². The molecule has 2 saturated carbocycles. The quantitative estimate of drug-likeness (QED) is 0.613. The lowest BCUT2D eigenvalue weighted by Gasteiger charge is -2.37. The third-order valence-electron chi connectivity index (χ3n) is 7.35. The first-order valence-corrected chi connectivity index (χ1v) is 10.8. The Morgan fingerprint density at radius 3 is 2.69 bits per heavy atom. The van der Waals surface area contributed by atoms with Crippen LogP contribution in [0.2, 0.25) is 0 Å². The summed E-state index contributed by atoms with van der Waals surface area (Å²) in [6.07, 6.45) is 9.71. The van der Waals surface area contributed by atoms with Gasteiger partial charge in [-0.15, -0.1) is 0 Å². The highest BCUT2D eigenvalue weighted by Gasteiger charge is 2.44. The Hall–Kier alpha value is -0.690. The molecule has 2 saturated heterocycles. The topological polar surface area (TPSA) is 74.4 Å². The van der Waals surface area contributed by atoms with E-state index < -0.39 is 0 Å². The summed E-state index contributed by atoms with van der Waals surface area (Å²) in [7, 11) is 0. The van der Waals surface area contributed by atoms with Crippen molar-refractivity contribution in [3.63, 3.8) is 0 Å². The first-order valence-electron chi connectivity index (χ1n) is 10.8. The van der Waals surface area contributed by atoms with Crippen LogP contribution in [0.3, 0.4) is 0 Å². The number of rotatable bonds is 4. The molecule has 2 aliphatic heterocycles. The molecule has 2 aliphatic carbocycles. The zero-order chi connectivity index (χ0) is 18.1. The van der Waals surface area contributed by atoms with Crippen LogP contribution in [-0.2, 0) is 9.63 Å². The van der Waals surface area contributed by atoms with Crippen molar-refractivity contribution in [2.75, 3.05) is 6.54 Å². The van der Waals surface area contributed by atoms with E-state index in [9.17, 15) is 4.79 Å². The van der Waals surface area contributed by atoms with Gasteiger partial charge < -0.3 is 10.6 Å². The molecule has 4 aliphatic rings. The van der Waals surface area contributed by atoms with Crippen molar-refractivity contribution in [2.45, 2.75) is 89.7 Å². The van der Waals surface area contributed by atoms with E-state index in [2.05, 4.69) is 35.3 Å². The van der Waals surface area contributed by atoms with Gasteiger partial charge in [-0.1, -0.05) is 6.92 Å². The summed E-state index contributed by atoms with van der Waals surface area (Å²) in [5.41, 5.74) is 3.21. The summed E-state index contributed by atoms with van der Waals surface area (Å²) in [5, 5.41) is 10.5. The Balaban J connectivity index is 1.27. The molecule has 0 aromatic heterocycles. The maximum atomic E-state index is 12.7. The number of hydroxylamine groups is 1. The molecule has 2 heterocycles. The summed E-state index contributed by atoms with van der Waals surface area (Å²) in [4.78, 5) is 18.3. The fraction of sp³-hybridized carbons (Fsp3) is 0.950. The van der Waals surface area contributed by atoms with E-state index in [1.54, 1.807) is 0 Å². The van der Waals surface area contributed by atoms with Gasteiger partial charge in [0.15, 0.2) is 0 Å². The van der Waals surface area contributed by atoms with E-state index in [4.69, 9.17) is 4.84 Å². The Morgan fingerprint density at radius 2 is 1.96 bits per heavy atom. The number of piperidine rings is 1. The van der Waals surface area contributed by atoms with Crippen LogP contribution in [0.25, 0.3) is 0 Å². The van der Waals surface area contributed by atoms with Gasteiger partial charge in [-0.3, -0.25) is 14.9 Å². The van der Waals surface area contributed by atoms with Gasteiger partial charge in [-0.2, -0.15) is 5.48 Å². The van der Waals surface area contributed by atoms with Crippen molar-refractivity contribution < 1.29 is 9.63 Å². The van der Waals surface area contributed by atoms with Crippen molar-refractivity contribution in [3.05, 3.63) is 0 Å². The van der Waals surface area contributed by atoms with Crippen LogP contribution < -0.4 is 21.4 Å². The number of hydrogen-bond donors (Lipinski definition) is 4. The third-order valence-corrected chi connectivity index (χ3v) is 7.35. The van der Waals surface area contributed by atoms with Crippen LogP contribution in [0.1, 0.15) is 65.2 Å². The summed E-state index contributed by atoms with van der Waals surface area (Å²) in [6.45, 7) is 5.19. The number of hydrogen-bond acceptors (Lipinski definition) is 5. The molecule has 0 radical (unpaired) electrons. The second kappa shape index (κ2) is 8.13. The molecular formula is C20H36N4O2. The Bertz CT molecular complexity index is 494. The molecule has 0 bridgehead atoms. The molecule has 4 fully saturated rings. The second-order valence-electron chi connectivity index (χ2n) is 9.05. The normalized spacial score (nSPS) is 46.1. The van der Waals surface area contributed by atoms with E-state index in [1.807, 2.05) is 0 Å². The van der Waals surface area contributed by atoms with E-state index in [0.29, 0.717) is 30.1 Å². The number of fused-ring (bicyclic) bond motifs is 1. The Morgan fingerprint density at radius 1 is 1.12 bits per heavy atom. The molecule has 7 unspecified atom stereocenters. The standard InChI is InChI=1S/C20H36N4O2/c1-3-18-23-19(24-26-18)14-6-8-16-13(10-14)7-9-17(16)22-20(25)15-5-4-12(2)21-11-15/h12-19,21,23-24H,3-11H2,1-2H3,(H,22,25)/t12?,13?,14?,15?,16?,17-,18?,19?/m1/s1. The molecule has 6 heteroatoms. The van der Waals surface area contributed by atoms with Crippen LogP contribution in [0, 0.1) is 23.7 Å². The first-order chi connectivity index (χ1) is 12.6. The predicted octanol–water partition coefficient (Wildman–Crippen LogP) is 1.87. The summed E-state index contributed by atoms with van der Waals surface area (Å²) in [5.74, 6) is 2.53. The average molecular weight is 365 g/mol. The zero-order valence-electron chi connectivity index (χ0n) is 16.3. The highest BCUT2D eigenvalue weighted by molar-refractivity contribution is 5.79. The fourth-order valence-electron chi connectivity index (χ4n) is 5.66. The predicted molar refractivity (Wildman–Crippen MR) is 101 cm³/mol. The van der Waals surface area contributed by atoms with Crippen molar-refractivity contribution >= 4 is 5.91 Å². The van der Waals surface area contributed by atoms with Gasteiger partial charge >= 0.3 is 0 Å². The van der Waals surface area contributed by atoms with Crippen LogP contribution in [-0.4, -0.2) is 36.9 Å². The third kappa shape index (κ3) is 3.93. The van der Waals surface area contributed by atoms with Gasteiger partial charge in [-0.25, -0.2) is 0 Å². The SMILES string of the molecule is CCC1NC(C2CCC3C(CC[C@H]3NC(=O)C3CCC(C)NC3)C2)NO1. The fourth-order valence-corrected chi connectivity index (χ4v) is 5.66. The van der Waals surface area contributed by atoms with E-state index >= 15 is 0 Å². The molecule has 0 aromatic carbocycles. The second-order valence-corrected chi connectivity index (χ2v) is 9.05. The first kappa shape index (κ1) is 18.7. The zero-order valence-corrected chi connectivity index (χ0v) is 16.3. The lowest BCUT2D eigenvalue weighted by Crippen LogP contribution is -2.49. The minimum atomic E-state index is 0.153. The van der Waals surface area contributed by atoms with Crippen LogP contribution >= 0.6 is 0 Å². The highest BCUT2D eigenvalue weighted by atomic mass is 16.7. The van der Waals surface area contributed by atoms with Gasteiger partial charge in [0.05, 0.1) is 12.1 Å². The molecular weight excluding hydrogens is 328 g/mol. The molecule has 0 spiro atoms. The molecule has 8 atom stereocenters. The number of nitrogens with one attached hydrogen (secondary N) is 4. The summed E-state index contributed by atoms with van der Waals surface area (Å²) >= 11 is 0. The molecule has 148 valence electrons. The molecule has 6 nitrogen and oxygen atoms in total. The average Bonchev–Trinajstić information content (AvgIpc) is 3.29. The Kier molecular flexibility index (Phi) is 5.84. The van der Waals surface area contributed by atoms with Crippen molar-refractivity contribution in [1.29, 1.82) is 0 Å². The van der Waals surface area contributed by atoms with Crippen LogP contribution in [0.5, 0.6) is 0 Å². The molecule has 1 amide bonds.